The van der Waals surface area contributed by atoms with E-state index in [9.17, 15) is 4.79 Å². The summed E-state index contributed by atoms with van der Waals surface area (Å²) >= 11 is 0. The van der Waals surface area contributed by atoms with Gasteiger partial charge in [-0.2, -0.15) is 0 Å². The van der Waals surface area contributed by atoms with Crippen molar-refractivity contribution >= 4 is 23.4 Å². The molecule has 0 unspecified atom stereocenters. The van der Waals surface area contributed by atoms with Gasteiger partial charge in [0.2, 0.25) is 5.91 Å². The first-order chi connectivity index (χ1) is 19.3. The highest BCUT2D eigenvalue weighted by atomic mass is 16.5. The van der Waals surface area contributed by atoms with E-state index in [1.807, 2.05) is 18.3 Å². The predicted molar refractivity (Wildman–Crippen MR) is 167 cm³/mol. The molecule has 0 bridgehead atoms. The molecule has 2 aliphatic rings. The fourth-order valence-electron chi connectivity index (χ4n) is 6.46. The lowest BCUT2D eigenvalue weighted by Crippen LogP contribution is -2.41. The van der Waals surface area contributed by atoms with Crippen LogP contribution in [0, 0.1) is 30.1 Å². The minimum Gasteiger partial charge on any atom is -0.496 e. The van der Waals surface area contributed by atoms with Gasteiger partial charge in [-0.25, -0.2) is 0 Å². The van der Waals surface area contributed by atoms with E-state index in [1.54, 1.807) is 7.11 Å². The molecule has 0 aromatic heterocycles. The number of amides is 1. The average molecular weight is 544 g/mol. The third-order valence-electron chi connectivity index (χ3n) is 9.03. The van der Waals surface area contributed by atoms with E-state index in [2.05, 4.69) is 68.2 Å². The van der Waals surface area contributed by atoms with Crippen molar-refractivity contribution in [2.75, 3.05) is 18.6 Å². The minimum atomic E-state index is 0.110. The first-order valence-electron chi connectivity index (χ1n) is 15.3. The molecule has 1 amide bonds. The van der Waals surface area contributed by atoms with E-state index in [-0.39, 0.29) is 11.8 Å². The van der Waals surface area contributed by atoms with Crippen LogP contribution < -0.4 is 15.0 Å². The van der Waals surface area contributed by atoms with Gasteiger partial charge in [0.05, 0.1) is 7.11 Å². The van der Waals surface area contributed by atoms with E-state index >= 15 is 0 Å². The Hall–Kier alpha value is -3.08. The fourth-order valence-corrected chi connectivity index (χ4v) is 6.46. The zero-order valence-electron chi connectivity index (χ0n) is 25.2. The summed E-state index contributed by atoms with van der Waals surface area (Å²) in [6, 6.07) is 15.2. The third kappa shape index (κ3) is 7.56. The molecule has 2 fully saturated rings. The Bertz CT molecular complexity index is 1170. The molecule has 2 N–H and O–H groups in total. The summed E-state index contributed by atoms with van der Waals surface area (Å²) in [4.78, 5) is 16.2. The molecule has 2 saturated carbocycles. The summed E-state index contributed by atoms with van der Waals surface area (Å²) in [7, 11) is 1.73. The van der Waals surface area contributed by atoms with Gasteiger partial charge in [0.15, 0.2) is 0 Å². The van der Waals surface area contributed by atoms with Crippen molar-refractivity contribution in [1.82, 2.24) is 5.32 Å². The number of aryl methyl sites for hydroxylation is 1. The van der Waals surface area contributed by atoms with Crippen LogP contribution in [0.4, 0.5) is 5.69 Å². The van der Waals surface area contributed by atoms with Crippen LogP contribution in [0.2, 0.25) is 0 Å². The number of carbonyl (C=O) groups is 1. The molecule has 0 aliphatic heterocycles. The van der Waals surface area contributed by atoms with Crippen molar-refractivity contribution in [1.29, 1.82) is 5.41 Å². The quantitative estimate of drug-likeness (QED) is 0.297. The fraction of sp³-hybridized carbons (Fsp3) is 0.543. The summed E-state index contributed by atoms with van der Waals surface area (Å²) in [5.41, 5.74) is 5.36. The summed E-state index contributed by atoms with van der Waals surface area (Å²) < 4.78 is 5.47. The van der Waals surface area contributed by atoms with Crippen molar-refractivity contribution in [2.45, 2.75) is 91.0 Å². The van der Waals surface area contributed by atoms with E-state index in [1.165, 1.54) is 17.3 Å². The Kier molecular flexibility index (Phi) is 10.5. The minimum absolute atomic E-state index is 0.110. The summed E-state index contributed by atoms with van der Waals surface area (Å²) in [5, 5.41) is 11.3. The van der Waals surface area contributed by atoms with E-state index in [0.29, 0.717) is 23.8 Å². The molecule has 0 saturated heterocycles. The summed E-state index contributed by atoms with van der Waals surface area (Å²) in [6.45, 7) is 9.38. The molecule has 40 heavy (non-hydrogen) atoms. The number of carbonyl (C=O) groups excluding carboxylic acids is 1. The molecule has 2 aliphatic carbocycles. The molecule has 5 nitrogen and oxygen atoms in total. The molecule has 0 atom stereocenters. The SMILES string of the molecule is COc1ccc(C2CCC(CN(C(=O)C3CCC(C)CC3)c3cccc(/C(C=N)=C/NC(C)C)c3)CC2)cc1C. The van der Waals surface area contributed by atoms with Crippen LogP contribution in [0.25, 0.3) is 5.57 Å². The van der Waals surface area contributed by atoms with Gasteiger partial charge in [-0.15, -0.1) is 0 Å². The number of benzene rings is 2. The second kappa shape index (κ2) is 14.0. The molecular formula is C35H49N3O2. The number of nitrogens with zero attached hydrogens (tertiary/aromatic N) is 1. The topological polar surface area (TPSA) is 65.4 Å². The molecule has 0 heterocycles. The lowest BCUT2D eigenvalue weighted by molar-refractivity contribution is -0.123. The maximum atomic E-state index is 14.1. The number of anilines is 1. The van der Waals surface area contributed by atoms with Gasteiger partial charge in [-0.05, 0) is 125 Å². The number of ether oxygens (including phenoxy) is 1. The van der Waals surface area contributed by atoms with E-state index < -0.39 is 0 Å². The monoisotopic (exact) mass is 543 g/mol. The number of hydrogen-bond donors (Lipinski definition) is 2. The van der Waals surface area contributed by atoms with Crippen LogP contribution in [-0.4, -0.2) is 31.8 Å². The zero-order chi connectivity index (χ0) is 28.6. The first kappa shape index (κ1) is 29.9. The van der Waals surface area contributed by atoms with E-state index in [0.717, 1.165) is 80.5 Å². The van der Waals surface area contributed by atoms with Gasteiger partial charge >= 0.3 is 0 Å². The smallest absolute Gasteiger partial charge is 0.230 e. The van der Waals surface area contributed by atoms with Gasteiger partial charge in [0.1, 0.15) is 5.75 Å². The first-order valence-corrected chi connectivity index (χ1v) is 15.3. The largest absolute Gasteiger partial charge is 0.496 e. The predicted octanol–water partition coefficient (Wildman–Crippen LogP) is 8.13. The van der Waals surface area contributed by atoms with Crippen molar-refractivity contribution in [3.8, 4) is 5.75 Å². The summed E-state index contributed by atoms with van der Waals surface area (Å²) in [5.74, 6) is 3.13. The zero-order valence-corrected chi connectivity index (χ0v) is 25.2. The molecule has 5 heteroatoms. The van der Waals surface area contributed by atoms with Crippen molar-refractivity contribution < 1.29 is 9.53 Å². The second-order valence-electron chi connectivity index (χ2n) is 12.5. The van der Waals surface area contributed by atoms with Crippen molar-refractivity contribution in [2.24, 2.45) is 17.8 Å². The highest BCUT2D eigenvalue weighted by Gasteiger charge is 2.32. The normalized spacial score (nSPS) is 23.5. The van der Waals surface area contributed by atoms with Crippen molar-refractivity contribution in [3.05, 3.63) is 65.4 Å². The van der Waals surface area contributed by atoms with Crippen molar-refractivity contribution in [3.63, 3.8) is 0 Å². The standard InChI is InChI=1S/C35H49N3O2/c1-24(2)37-22-32(21-36)30-7-6-8-33(20-30)38(35(39)29-13-9-25(3)10-14-29)23-27-11-15-28(16-12-27)31-17-18-34(40-5)26(4)19-31/h6-8,17-22,24-25,27-29,36-37H,9-16,23H2,1-5H3/b32-22+,36-21?. The summed E-state index contributed by atoms with van der Waals surface area (Å²) in [6.07, 6.45) is 12.1. The Morgan fingerprint density at radius 3 is 2.40 bits per heavy atom. The molecule has 216 valence electrons. The number of allylic oxidation sites excluding steroid dienone is 1. The Morgan fingerprint density at radius 1 is 1.05 bits per heavy atom. The van der Waals surface area contributed by atoms with Gasteiger partial charge in [-0.1, -0.05) is 31.2 Å². The highest BCUT2D eigenvalue weighted by molar-refractivity contribution is 6.08. The Labute approximate surface area is 241 Å². The molecule has 0 spiro atoms. The lowest BCUT2D eigenvalue weighted by atomic mass is 9.78. The number of hydrogen-bond acceptors (Lipinski definition) is 4. The number of nitrogens with one attached hydrogen (secondary N) is 2. The molecule has 2 aromatic carbocycles. The third-order valence-corrected chi connectivity index (χ3v) is 9.03. The van der Waals surface area contributed by atoms with Crippen LogP contribution in [0.1, 0.15) is 94.7 Å². The Balaban J connectivity index is 1.52. The second-order valence-corrected chi connectivity index (χ2v) is 12.5. The lowest BCUT2D eigenvalue weighted by Gasteiger charge is -2.36. The van der Waals surface area contributed by atoms with Gasteiger partial charge in [0.25, 0.3) is 0 Å². The maximum absolute atomic E-state index is 14.1. The van der Waals surface area contributed by atoms with Crippen LogP contribution in [-0.2, 0) is 4.79 Å². The van der Waals surface area contributed by atoms with Crippen LogP contribution in [0.15, 0.2) is 48.7 Å². The molecule has 0 radical (unpaired) electrons. The van der Waals surface area contributed by atoms with Crippen LogP contribution in [0.5, 0.6) is 5.75 Å². The maximum Gasteiger partial charge on any atom is 0.230 e. The molecular weight excluding hydrogens is 494 g/mol. The van der Waals surface area contributed by atoms with Gasteiger partial charge < -0.3 is 20.4 Å². The van der Waals surface area contributed by atoms with Gasteiger partial charge in [-0.3, -0.25) is 4.79 Å². The average Bonchev–Trinajstić information content (AvgIpc) is 2.96. The highest BCUT2D eigenvalue weighted by Crippen LogP contribution is 2.39. The molecule has 2 aromatic rings. The molecule has 4 rings (SSSR count). The Morgan fingerprint density at radius 2 is 1.77 bits per heavy atom. The van der Waals surface area contributed by atoms with Gasteiger partial charge in [0, 0.05) is 42.2 Å². The van der Waals surface area contributed by atoms with E-state index in [4.69, 9.17) is 10.1 Å². The van der Waals surface area contributed by atoms with Crippen LogP contribution in [0.3, 0.4) is 0 Å². The van der Waals surface area contributed by atoms with Crippen LogP contribution >= 0.6 is 0 Å². The number of rotatable bonds is 10. The number of methoxy groups -OCH3 is 1.